The number of methoxy groups -OCH3 is 1. The van der Waals surface area contributed by atoms with Gasteiger partial charge in [-0.15, -0.1) is 0 Å². The fraction of sp³-hybridized carbons (Fsp3) is 1.00. The molecule has 0 aromatic rings. The molecule has 0 heterocycles. The normalized spacial score (nSPS) is 56.3. The lowest BCUT2D eigenvalue weighted by atomic mass is 9.31. The van der Waals surface area contributed by atoms with Gasteiger partial charge in [-0.2, -0.15) is 0 Å². The predicted octanol–water partition coefficient (Wildman–Crippen LogP) is 8.90. The molecule has 0 saturated heterocycles. The Bertz CT molecular complexity index is 752. The van der Waals surface area contributed by atoms with Crippen LogP contribution in [0.3, 0.4) is 0 Å². The molecule has 0 aromatic carbocycles. The highest BCUT2D eigenvalue weighted by Gasteiger charge is 2.69. The van der Waals surface area contributed by atoms with Gasteiger partial charge < -0.3 is 4.74 Å². The smallest absolute Gasteiger partial charge is 0.0625 e. The highest BCUT2D eigenvalue weighted by atomic mass is 16.5. The molecule has 1 nitrogen and oxygen atoms in total. The average molecular weight is 443 g/mol. The van der Waals surface area contributed by atoms with Crippen molar-refractivity contribution < 1.29 is 4.74 Å². The molecule has 0 radical (unpaired) electrons. The van der Waals surface area contributed by atoms with Crippen molar-refractivity contribution in [3.8, 4) is 0 Å². The first kappa shape index (κ1) is 23.7. The molecule has 0 aliphatic heterocycles. The van der Waals surface area contributed by atoms with Crippen LogP contribution >= 0.6 is 0 Å². The molecule has 5 aliphatic rings. The fourth-order valence-electron chi connectivity index (χ4n) is 11.7. The van der Waals surface area contributed by atoms with Crippen LogP contribution in [0.15, 0.2) is 0 Å². The van der Waals surface area contributed by atoms with E-state index in [0.717, 1.165) is 23.7 Å². The summed E-state index contributed by atoms with van der Waals surface area (Å²) in [6, 6.07) is 0. The van der Waals surface area contributed by atoms with Gasteiger partial charge in [0.15, 0.2) is 0 Å². The summed E-state index contributed by atoms with van der Waals surface area (Å²) in [7, 11) is 1.96. The van der Waals surface area contributed by atoms with E-state index < -0.39 is 0 Å². The van der Waals surface area contributed by atoms with Gasteiger partial charge in [0.05, 0.1) is 6.10 Å². The van der Waals surface area contributed by atoms with Gasteiger partial charge in [0.25, 0.3) is 0 Å². The van der Waals surface area contributed by atoms with E-state index >= 15 is 0 Å². The molecule has 0 amide bonds. The summed E-state index contributed by atoms with van der Waals surface area (Å²) < 4.78 is 6.06. The SMILES string of the molecule is CO[C@H]1CC[C@]2(C)[C@H]3CC[C@@H]4[C@H]5CC(C)(C)CC[C@]5(C)CC[C@@]4(C)[C@]3(C)CC[C@H]2C1(C)C. The standard InChI is InChI=1S/C31H54O/c1-26(2)16-17-28(5)18-19-30(7)21(22(28)20-26)10-11-24-29(6)14-13-25(32-9)27(3,4)23(29)12-15-31(24,30)8/h21-25H,10-20H2,1-9H3/t21-,22-,23+,24-,25+,28-,29+,30-,31-/m1/s1. The van der Waals surface area contributed by atoms with Crippen LogP contribution in [-0.2, 0) is 4.74 Å². The van der Waals surface area contributed by atoms with Gasteiger partial charge >= 0.3 is 0 Å². The molecular formula is C31H54O. The number of ether oxygens (including phenoxy) is 1. The molecule has 0 spiro atoms. The first-order valence-corrected chi connectivity index (χ1v) is 14.3. The van der Waals surface area contributed by atoms with Crippen LogP contribution in [0, 0.1) is 56.2 Å². The lowest BCUT2D eigenvalue weighted by Gasteiger charge is -2.73. The highest BCUT2D eigenvalue weighted by Crippen LogP contribution is 2.77. The second-order valence-corrected chi connectivity index (χ2v) is 15.9. The summed E-state index contributed by atoms with van der Waals surface area (Å²) in [4.78, 5) is 0. The van der Waals surface area contributed by atoms with Crippen LogP contribution < -0.4 is 0 Å². The van der Waals surface area contributed by atoms with Crippen LogP contribution in [0.25, 0.3) is 0 Å². The molecule has 0 aromatic heterocycles. The molecule has 0 N–H and O–H groups in total. The lowest BCUT2D eigenvalue weighted by molar-refractivity contribution is -0.254. The maximum absolute atomic E-state index is 6.06. The monoisotopic (exact) mass is 442 g/mol. The minimum absolute atomic E-state index is 0.305. The maximum atomic E-state index is 6.06. The molecule has 0 unspecified atom stereocenters. The molecule has 5 rings (SSSR count). The zero-order valence-corrected chi connectivity index (χ0v) is 23.1. The molecule has 32 heavy (non-hydrogen) atoms. The Morgan fingerprint density at radius 2 is 1.28 bits per heavy atom. The number of fused-ring (bicyclic) bond motifs is 7. The van der Waals surface area contributed by atoms with E-state index in [4.69, 9.17) is 4.74 Å². The van der Waals surface area contributed by atoms with E-state index in [1.807, 2.05) is 7.11 Å². The van der Waals surface area contributed by atoms with Gasteiger partial charge in [0.1, 0.15) is 0 Å². The number of hydrogen-bond donors (Lipinski definition) is 0. The third-order valence-electron chi connectivity index (χ3n) is 13.9. The van der Waals surface area contributed by atoms with E-state index in [1.165, 1.54) is 70.6 Å². The van der Waals surface area contributed by atoms with Crippen molar-refractivity contribution in [3.63, 3.8) is 0 Å². The molecule has 5 fully saturated rings. The molecule has 1 heteroatoms. The molecule has 5 aliphatic carbocycles. The first-order chi connectivity index (χ1) is 14.7. The Morgan fingerprint density at radius 3 is 1.97 bits per heavy atom. The summed E-state index contributed by atoms with van der Waals surface area (Å²) in [5, 5.41) is 0. The Balaban J connectivity index is 1.51. The van der Waals surface area contributed by atoms with Crippen molar-refractivity contribution in [2.24, 2.45) is 56.2 Å². The lowest BCUT2D eigenvalue weighted by Crippen LogP contribution is -2.67. The van der Waals surface area contributed by atoms with Gasteiger partial charge in [0, 0.05) is 7.11 Å². The summed E-state index contributed by atoms with van der Waals surface area (Å²) in [6.07, 6.45) is 16.3. The van der Waals surface area contributed by atoms with Crippen molar-refractivity contribution in [3.05, 3.63) is 0 Å². The zero-order valence-electron chi connectivity index (χ0n) is 23.1. The van der Waals surface area contributed by atoms with Gasteiger partial charge in [-0.05, 0) is 127 Å². The first-order valence-electron chi connectivity index (χ1n) is 14.3. The topological polar surface area (TPSA) is 9.23 Å². The predicted molar refractivity (Wildman–Crippen MR) is 136 cm³/mol. The van der Waals surface area contributed by atoms with Crippen LogP contribution in [0.1, 0.15) is 126 Å². The number of rotatable bonds is 1. The van der Waals surface area contributed by atoms with Crippen LogP contribution in [0.5, 0.6) is 0 Å². The summed E-state index contributed by atoms with van der Waals surface area (Å²) >= 11 is 0. The number of hydrogen-bond acceptors (Lipinski definition) is 1. The van der Waals surface area contributed by atoms with Gasteiger partial charge in [-0.3, -0.25) is 0 Å². The molecule has 0 bridgehead atoms. The van der Waals surface area contributed by atoms with Crippen molar-refractivity contribution in [1.82, 2.24) is 0 Å². The molecule has 184 valence electrons. The van der Waals surface area contributed by atoms with E-state index in [-0.39, 0.29) is 0 Å². The Morgan fingerprint density at radius 1 is 0.594 bits per heavy atom. The van der Waals surface area contributed by atoms with Gasteiger partial charge in [-0.1, -0.05) is 55.4 Å². The Hall–Kier alpha value is -0.0400. The van der Waals surface area contributed by atoms with E-state index in [2.05, 4.69) is 55.4 Å². The van der Waals surface area contributed by atoms with Gasteiger partial charge in [-0.25, -0.2) is 0 Å². The molecule has 5 saturated carbocycles. The van der Waals surface area contributed by atoms with Gasteiger partial charge in [0.2, 0.25) is 0 Å². The third kappa shape index (κ3) is 2.91. The minimum atomic E-state index is 0.305. The quantitative estimate of drug-likeness (QED) is 0.394. The summed E-state index contributed by atoms with van der Waals surface area (Å²) in [5.74, 6) is 3.61. The van der Waals surface area contributed by atoms with E-state index in [1.54, 1.807) is 0 Å². The minimum Gasteiger partial charge on any atom is -0.381 e. The zero-order chi connectivity index (χ0) is 23.4. The molecular weight excluding hydrogens is 388 g/mol. The van der Waals surface area contributed by atoms with Crippen molar-refractivity contribution >= 4 is 0 Å². The molecule has 9 atom stereocenters. The summed E-state index contributed by atoms with van der Waals surface area (Å²) in [5.41, 5.74) is 3.00. The maximum Gasteiger partial charge on any atom is 0.0625 e. The second-order valence-electron chi connectivity index (χ2n) is 15.9. The van der Waals surface area contributed by atoms with Crippen LogP contribution in [-0.4, -0.2) is 13.2 Å². The van der Waals surface area contributed by atoms with Crippen LogP contribution in [0.4, 0.5) is 0 Å². The third-order valence-corrected chi connectivity index (χ3v) is 13.9. The van der Waals surface area contributed by atoms with Crippen molar-refractivity contribution in [1.29, 1.82) is 0 Å². The Labute approximate surface area is 200 Å². The summed E-state index contributed by atoms with van der Waals surface area (Å²) in [6.45, 7) is 21.2. The largest absolute Gasteiger partial charge is 0.381 e. The highest BCUT2D eigenvalue weighted by molar-refractivity contribution is 5.18. The van der Waals surface area contributed by atoms with Crippen LogP contribution in [0.2, 0.25) is 0 Å². The second kappa shape index (κ2) is 7.01. The average Bonchev–Trinajstić information content (AvgIpc) is 2.69. The van der Waals surface area contributed by atoms with E-state index in [0.29, 0.717) is 38.6 Å². The van der Waals surface area contributed by atoms with Crippen molar-refractivity contribution in [2.75, 3.05) is 7.11 Å². The fourth-order valence-corrected chi connectivity index (χ4v) is 11.7. The van der Waals surface area contributed by atoms with Crippen molar-refractivity contribution in [2.45, 2.75) is 132 Å². The Kier molecular flexibility index (Phi) is 5.19. The van der Waals surface area contributed by atoms with E-state index in [9.17, 15) is 0 Å².